The van der Waals surface area contributed by atoms with E-state index >= 15 is 0 Å². The van der Waals surface area contributed by atoms with Crippen molar-refractivity contribution < 1.29 is 36.2 Å². The van der Waals surface area contributed by atoms with E-state index in [-0.39, 0.29) is 23.2 Å². The zero-order chi connectivity index (χ0) is 28.7. The molecule has 1 amide bonds. The predicted molar refractivity (Wildman–Crippen MR) is 138 cm³/mol. The Kier molecular flexibility index (Phi) is 7.68. The van der Waals surface area contributed by atoms with Crippen LogP contribution in [-0.4, -0.2) is 75.5 Å². The highest BCUT2D eigenvalue weighted by Gasteiger charge is 2.39. The summed E-state index contributed by atoms with van der Waals surface area (Å²) in [5, 5.41) is 17.0. The van der Waals surface area contributed by atoms with Gasteiger partial charge in [0.15, 0.2) is 5.17 Å². The number of nitrogens with zero attached hydrogens (tertiary/aromatic N) is 4. The highest BCUT2D eigenvalue weighted by Crippen LogP contribution is 2.42. The highest BCUT2D eigenvalue weighted by molar-refractivity contribution is 8.18. The van der Waals surface area contributed by atoms with Gasteiger partial charge in [0.25, 0.3) is 5.91 Å². The summed E-state index contributed by atoms with van der Waals surface area (Å²) in [4.78, 5) is 21.4. The number of rotatable bonds is 5. The Morgan fingerprint density at radius 3 is 2.42 bits per heavy atom. The number of alkyl halides is 6. The summed E-state index contributed by atoms with van der Waals surface area (Å²) < 4.78 is 81.6. The summed E-state index contributed by atoms with van der Waals surface area (Å²) in [5.41, 5.74) is -1.89. The van der Waals surface area contributed by atoms with Crippen LogP contribution in [0.25, 0.3) is 16.5 Å². The number of aromatic nitrogens is 2. The van der Waals surface area contributed by atoms with E-state index in [1.165, 1.54) is 6.20 Å². The van der Waals surface area contributed by atoms with Crippen LogP contribution < -0.4 is 0 Å². The van der Waals surface area contributed by atoms with Crippen LogP contribution in [0.5, 0.6) is 0 Å². The van der Waals surface area contributed by atoms with Crippen molar-refractivity contribution in [3.63, 3.8) is 0 Å². The van der Waals surface area contributed by atoms with Gasteiger partial charge in [-0.05, 0) is 59.1 Å². The number of carbonyl (C=O) groups excluding carboxylic acids is 1. The second kappa shape index (κ2) is 10.9. The van der Waals surface area contributed by atoms with Crippen molar-refractivity contribution in [2.45, 2.75) is 18.8 Å². The van der Waals surface area contributed by atoms with Crippen molar-refractivity contribution in [3.8, 4) is 0 Å². The number of aliphatic imine (C=N–C) groups is 1. The summed E-state index contributed by atoms with van der Waals surface area (Å²) in [6.07, 6.45) is -8.92. The predicted octanol–water partition coefficient (Wildman–Crippen LogP) is 4.79. The summed E-state index contributed by atoms with van der Waals surface area (Å²) in [5.74, 6) is -0.624. The highest BCUT2D eigenvalue weighted by atomic mass is 32.2. The molecule has 0 spiro atoms. The quantitative estimate of drug-likeness (QED) is 0.332. The number of allylic oxidation sites excluding steroid dienone is 1. The van der Waals surface area contributed by atoms with Crippen LogP contribution in [0.3, 0.4) is 0 Å². The number of amides is 1. The number of aliphatic hydroxyl groups excluding tert-OH is 1. The van der Waals surface area contributed by atoms with E-state index in [0.717, 1.165) is 17.8 Å². The van der Waals surface area contributed by atoms with E-state index in [1.807, 2.05) is 4.90 Å². The molecular formula is C26H23F6N5O2S. The molecule has 212 valence electrons. The molecule has 0 saturated carbocycles. The number of H-pyrrole nitrogens is 1. The monoisotopic (exact) mass is 583 g/mol. The van der Waals surface area contributed by atoms with E-state index in [1.54, 1.807) is 18.2 Å². The fourth-order valence-corrected chi connectivity index (χ4v) is 5.80. The Hall–Kier alpha value is -3.36. The molecule has 14 heteroatoms. The molecule has 0 radical (unpaired) electrons. The van der Waals surface area contributed by atoms with Gasteiger partial charge in [0, 0.05) is 38.1 Å². The number of nitrogens with one attached hydrogen (secondary N) is 1. The van der Waals surface area contributed by atoms with Gasteiger partial charge in [-0.15, -0.1) is 0 Å². The first kappa shape index (κ1) is 28.2. The summed E-state index contributed by atoms with van der Waals surface area (Å²) in [6, 6.07) is 6.49. The molecular weight excluding hydrogens is 560 g/mol. The van der Waals surface area contributed by atoms with Gasteiger partial charge < -0.3 is 10.0 Å². The van der Waals surface area contributed by atoms with Gasteiger partial charge in [-0.25, -0.2) is 0 Å². The molecule has 3 aromatic rings. The number of amidine groups is 1. The summed E-state index contributed by atoms with van der Waals surface area (Å²) in [7, 11) is 0. The number of hydrogen-bond donors (Lipinski definition) is 2. The lowest BCUT2D eigenvalue weighted by molar-refractivity contribution is -0.143. The Morgan fingerprint density at radius 2 is 1.75 bits per heavy atom. The van der Waals surface area contributed by atoms with Crippen LogP contribution in [0.4, 0.5) is 26.3 Å². The minimum atomic E-state index is -5.05. The van der Waals surface area contributed by atoms with Gasteiger partial charge in [-0.3, -0.25) is 14.8 Å². The number of thioether (sulfide) groups is 1. The number of β-amino-alcohol motifs (C(OH)–C–C–N with tert-alkyl or cyclic N) is 1. The SMILES string of the molecule is O=C1N=C(N2CCN(CCO)CC2)SC1=C(Cc1ccc(C(F)(F)F)cc1C(F)(F)F)c1ccc2[nH]ncc2c1. The van der Waals surface area contributed by atoms with Gasteiger partial charge in [0.05, 0.1) is 34.4 Å². The van der Waals surface area contributed by atoms with Crippen LogP contribution in [0.15, 0.2) is 52.5 Å². The third-order valence-electron chi connectivity index (χ3n) is 6.82. The number of aliphatic hydroxyl groups is 1. The van der Waals surface area contributed by atoms with Crippen LogP contribution in [0.1, 0.15) is 22.3 Å². The molecule has 2 aromatic carbocycles. The molecule has 2 aliphatic heterocycles. The van der Waals surface area contributed by atoms with E-state index in [4.69, 9.17) is 5.11 Å². The van der Waals surface area contributed by atoms with Crippen LogP contribution in [-0.2, 0) is 23.6 Å². The number of hydrogen-bond acceptors (Lipinski definition) is 6. The van der Waals surface area contributed by atoms with Crippen molar-refractivity contribution in [2.24, 2.45) is 4.99 Å². The first-order chi connectivity index (χ1) is 18.9. The number of halogens is 6. The molecule has 3 heterocycles. The molecule has 0 unspecified atom stereocenters. The van der Waals surface area contributed by atoms with E-state index in [0.29, 0.717) is 60.4 Å². The van der Waals surface area contributed by atoms with Crippen molar-refractivity contribution >= 4 is 39.3 Å². The lowest BCUT2D eigenvalue weighted by Crippen LogP contribution is -2.48. The zero-order valence-electron chi connectivity index (χ0n) is 20.8. The number of fused-ring (bicyclic) bond motifs is 1. The standard InChI is InChI=1S/C26H23F6N5O2S/c27-25(28,29)18-3-1-16(20(13-18)26(30,31)32)12-19(15-2-4-21-17(11-15)14-33-35-21)22-23(39)34-24(40-22)37-7-5-36(6-8-37)9-10-38/h1-4,11,13-14,38H,5-10,12H2,(H,33,35). The minimum Gasteiger partial charge on any atom is -0.395 e. The fourth-order valence-electron chi connectivity index (χ4n) is 4.73. The topological polar surface area (TPSA) is 84.8 Å². The summed E-state index contributed by atoms with van der Waals surface area (Å²) in [6.45, 7) is 2.90. The molecule has 1 saturated heterocycles. The summed E-state index contributed by atoms with van der Waals surface area (Å²) >= 11 is 1.04. The minimum absolute atomic E-state index is 0.0231. The van der Waals surface area contributed by atoms with E-state index in [2.05, 4.69) is 20.1 Å². The normalized spacial score (nSPS) is 18.5. The number of aromatic amines is 1. The Bertz CT molecular complexity index is 1490. The second-order valence-corrected chi connectivity index (χ2v) is 10.4. The van der Waals surface area contributed by atoms with Gasteiger partial charge in [-0.2, -0.15) is 36.4 Å². The average Bonchev–Trinajstić information content (AvgIpc) is 3.53. The lowest BCUT2D eigenvalue weighted by Gasteiger charge is -2.34. The number of carbonyl (C=O) groups is 1. The Labute approximate surface area is 228 Å². The molecule has 1 fully saturated rings. The van der Waals surface area contributed by atoms with E-state index in [9.17, 15) is 31.1 Å². The average molecular weight is 584 g/mol. The van der Waals surface area contributed by atoms with Gasteiger partial charge in [0.2, 0.25) is 0 Å². The maximum absolute atomic E-state index is 14.0. The van der Waals surface area contributed by atoms with Crippen molar-refractivity contribution in [3.05, 3.63) is 69.8 Å². The maximum atomic E-state index is 14.0. The molecule has 2 N–H and O–H groups in total. The van der Waals surface area contributed by atoms with Gasteiger partial charge in [0.1, 0.15) is 0 Å². The molecule has 0 atom stereocenters. The van der Waals surface area contributed by atoms with Gasteiger partial charge in [-0.1, -0.05) is 12.1 Å². The molecule has 40 heavy (non-hydrogen) atoms. The number of benzene rings is 2. The Morgan fingerprint density at radius 1 is 1.00 bits per heavy atom. The largest absolute Gasteiger partial charge is 0.416 e. The van der Waals surface area contributed by atoms with Crippen LogP contribution in [0, 0.1) is 0 Å². The third kappa shape index (κ3) is 5.88. The molecule has 7 nitrogen and oxygen atoms in total. The third-order valence-corrected chi connectivity index (χ3v) is 7.97. The van der Waals surface area contributed by atoms with Crippen molar-refractivity contribution in [2.75, 3.05) is 39.3 Å². The molecule has 0 aliphatic carbocycles. The van der Waals surface area contributed by atoms with Gasteiger partial charge >= 0.3 is 12.4 Å². The van der Waals surface area contributed by atoms with Crippen molar-refractivity contribution in [1.82, 2.24) is 20.0 Å². The van der Waals surface area contributed by atoms with Crippen LogP contribution in [0.2, 0.25) is 0 Å². The smallest absolute Gasteiger partial charge is 0.395 e. The Balaban J connectivity index is 1.54. The first-order valence-electron chi connectivity index (χ1n) is 12.3. The molecule has 0 bridgehead atoms. The molecule has 2 aliphatic rings. The second-order valence-electron chi connectivity index (χ2n) is 9.38. The van der Waals surface area contributed by atoms with Crippen molar-refractivity contribution in [1.29, 1.82) is 0 Å². The molecule has 5 rings (SSSR count). The van der Waals surface area contributed by atoms with E-state index < -0.39 is 41.4 Å². The number of piperazine rings is 1. The maximum Gasteiger partial charge on any atom is 0.416 e. The molecule has 1 aromatic heterocycles. The lowest BCUT2D eigenvalue weighted by atomic mass is 9.92. The zero-order valence-corrected chi connectivity index (χ0v) is 21.6. The fraction of sp³-hybridized carbons (Fsp3) is 0.346. The van der Waals surface area contributed by atoms with Crippen LogP contribution >= 0.6 is 11.8 Å². The first-order valence-corrected chi connectivity index (χ1v) is 13.1.